The molecule has 6 heteroatoms. The van der Waals surface area contributed by atoms with E-state index in [9.17, 15) is 13.2 Å². The topological polar surface area (TPSA) is 26.0 Å². The van der Waals surface area contributed by atoms with Crippen LogP contribution in [0.2, 0.25) is 5.02 Å². The molecule has 0 amide bonds. The summed E-state index contributed by atoms with van der Waals surface area (Å²) >= 11 is 5.55. The maximum Gasteiger partial charge on any atom is 0.417 e. The number of unbranched alkanes of at least 4 members (excludes halogenated alkanes) is 2. The van der Waals surface area contributed by atoms with Crippen LogP contribution in [0.25, 0.3) is 0 Å². The maximum absolute atomic E-state index is 12.7. The van der Waals surface area contributed by atoms with Gasteiger partial charge >= 0.3 is 6.18 Å². The molecule has 1 aromatic rings. The van der Waals surface area contributed by atoms with Crippen molar-refractivity contribution in [3.05, 3.63) is 34.3 Å². The molecule has 0 aliphatic carbocycles. The molecule has 1 rings (SSSR count). The highest BCUT2D eigenvalue weighted by molar-refractivity contribution is 6.31. The zero-order chi connectivity index (χ0) is 13.8. The number of rotatable bonds is 5. The summed E-state index contributed by atoms with van der Waals surface area (Å²) in [5.74, 6) is 0. The minimum Gasteiger partial charge on any atom is -0.324 e. The summed E-state index contributed by atoms with van der Waals surface area (Å²) in [6.45, 7) is 2.07. The third-order valence-corrected chi connectivity index (χ3v) is 3.17. The van der Waals surface area contributed by atoms with Gasteiger partial charge in [0.05, 0.1) is 10.6 Å². The SMILES string of the molecule is CCCCC[C@H](N)c1ccc(Cl)c(C(F)(F)F)c1.Cl. The van der Waals surface area contributed by atoms with Gasteiger partial charge in [-0.05, 0) is 24.1 Å². The summed E-state index contributed by atoms with van der Waals surface area (Å²) < 4.78 is 38.0. The molecule has 19 heavy (non-hydrogen) atoms. The van der Waals surface area contributed by atoms with E-state index in [1.807, 2.05) is 0 Å². The predicted molar refractivity (Wildman–Crippen MR) is 74.8 cm³/mol. The van der Waals surface area contributed by atoms with E-state index in [1.165, 1.54) is 6.07 Å². The van der Waals surface area contributed by atoms with E-state index in [-0.39, 0.29) is 23.5 Å². The van der Waals surface area contributed by atoms with Crippen LogP contribution in [0.1, 0.15) is 49.8 Å². The van der Waals surface area contributed by atoms with Gasteiger partial charge in [-0.15, -0.1) is 12.4 Å². The number of benzene rings is 1. The first-order chi connectivity index (χ1) is 8.36. The third kappa shape index (κ3) is 5.59. The number of nitrogens with two attached hydrogens (primary N) is 1. The van der Waals surface area contributed by atoms with Crippen molar-refractivity contribution in [3.63, 3.8) is 0 Å². The highest BCUT2D eigenvalue weighted by Gasteiger charge is 2.33. The van der Waals surface area contributed by atoms with Crippen molar-refractivity contribution in [1.82, 2.24) is 0 Å². The monoisotopic (exact) mass is 315 g/mol. The van der Waals surface area contributed by atoms with Crippen molar-refractivity contribution in [1.29, 1.82) is 0 Å². The highest BCUT2D eigenvalue weighted by atomic mass is 35.5. The molecule has 1 atom stereocenters. The molecule has 0 spiro atoms. The molecule has 1 nitrogen and oxygen atoms in total. The lowest BCUT2D eigenvalue weighted by atomic mass is 9.99. The summed E-state index contributed by atoms with van der Waals surface area (Å²) in [5.41, 5.74) is 5.56. The van der Waals surface area contributed by atoms with Crippen molar-refractivity contribution < 1.29 is 13.2 Å². The van der Waals surface area contributed by atoms with Crippen molar-refractivity contribution >= 4 is 24.0 Å². The predicted octanol–water partition coefficient (Wildman–Crippen LogP) is 5.36. The number of halogens is 5. The molecule has 2 N–H and O–H groups in total. The Bertz CT molecular complexity index is 394. The van der Waals surface area contributed by atoms with Crippen molar-refractivity contribution in [2.24, 2.45) is 5.73 Å². The Kier molecular flexibility index (Phi) is 7.79. The molecule has 0 radical (unpaired) electrons. The zero-order valence-corrected chi connectivity index (χ0v) is 12.2. The molecule has 110 valence electrons. The summed E-state index contributed by atoms with van der Waals surface area (Å²) in [6.07, 6.45) is -0.737. The van der Waals surface area contributed by atoms with Crippen LogP contribution in [0.4, 0.5) is 13.2 Å². The molecular weight excluding hydrogens is 298 g/mol. The highest BCUT2D eigenvalue weighted by Crippen LogP contribution is 2.36. The Morgan fingerprint density at radius 3 is 2.42 bits per heavy atom. The Morgan fingerprint density at radius 2 is 1.89 bits per heavy atom. The maximum atomic E-state index is 12.7. The second kappa shape index (κ2) is 7.98. The molecule has 0 fully saturated rings. The zero-order valence-electron chi connectivity index (χ0n) is 10.6. The largest absolute Gasteiger partial charge is 0.417 e. The van der Waals surface area contributed by atoms with Crippen molar-refractivity contribution in [3.8, 4) is 0 Å². The van der Waals surface area contributed by atoms with E-state index in [1.54, 1.807) is 6.07 Å². The van der Waals surface area contributed by atoms with Crippen LogP contribution in [0, 0.1) is 0 Å². The van der Waals surface area contributed by atoms with E-state index in [2.05, 4.69) is 6.92 Å². The van der Waals surface area contributed by atoms with Crippen LogP contribution >= 0.6 is 24.0 Å². The van der Waals surface area contributed by atoms with Crippen LogP contribution in [-0.2, 0) is 6.18 Å². The number of alkyl halides is 3. The van der Waals surface area contributed by atoms with Crippen LogP contribution in [-0.4, -0.2) is 0 Å². The molecule has 0 bridgehead atoms. The van der Waals surface area contributed by atoms with Gasteiger partial charge in [-0.1, -0.05) is 43.9 Å². The first-order valence-electron chi connectivity index (χ1n) is 5.98. The Hall–Kier alpha value is -0.450. The van der Waals surface area contributed by atoms with Gasteiger partial charge in [-0.25, -0.2) is 0 Å². The minimum absolute atomic E-state index is 0. The Morgan fingerprint density at radius 1 is 1.26 bits per heavy atom. The minimum atomic E-state index is -4.43. The molecule has 0 aromatic heterocycles. The second-order valence-corrected chi connectivity index (χ2v) is 4.75. The Labute approximate surface area is 122 Å². The lowest BCUT2D eigenvalue weighted by molar-refractivity contribution is -0.137. The van der Waals surface area contributed by atoms with Gasteiger partial charge in [0.15, 0.2) is 0 Å². The van der Waals surface area contributed by atoms with Gasteiger partial charge in [0, 0.05) is 6.04 Å². The molecular formula is C13H18Cl2F3N. The molecule has 0 heterocycles. The lowest BCUT2D eigenvalue weighted by Gasteiger charge is -2.15. The molecule has 0 aliphatic rings. The van der Waals surface area contributed by atoms with Gasteiger partial charge in [0.25, 0.3) is 0 Å². The first-order valence-corrected chi connectivity index (χ1v) is 6.36. The van der Waals surface area contributed by atoms with Gasteiger partial charge in [0.2, 0.25) is 0 Å². The smallest absolute Gasteiger partial charge is 0.324 e. The van der Waals surface area contributed by atoms with Crippen LogP contribution in [0.15, 0.2) is 18.2 Å². The molecule has 0 aliphatic heterocycles. The fourth-order valence-electron chi connectivity index (χ4n) is 1.77. The third-order valence-electron chi connectivity index (χ3n) is 2.84. The van der Waals surface area contributed by atoms with E-state index in [0.717, 1.165) is 25.3 Å². The molecule has 0 saturated carbocycles. The molecule has 1 aromatic carbocycles. The average molecular weight is 316 g/mol. The van der Waals surface area contributed by atoms with E-state index < -0.39 is 11.7 Å². The summed E-state index contributed by atoms with van der Waals surface area (Å²) in [6, 6.07) is 3.52. The summed E-state index contributed by atoms with van der Waals surface area (Å²) in [7, 11) is 0. The number of hydrogen-bond acceptors (Lipinski definition) is 1. The number of hydrogen-bond donors (Lipinski definition) is 1. The van der Waals surface area contributed by atoms with Gasteiger partial charge in [0.1, 0.15) is 0 Å². The second-order valence-electron chi connectivity index (χ2n) is 4.34. The average Bonchev–Trinajstić information content (AvgIpc) is 2.28. The fraction of sp³-hybridized carbons (Fsp3) is 0.538. The van der Waals surface area contributed by atoms with Gasteiger partial charge in [-0.3, -0.25) is 0 Å². The summed E-state index contributed by atoms with van der Waals surface area (Å²) in [4.78, 5) is 0. The van der Waals surface area contributed by atoms with E-state index in [0.29, 0.717) is 12.0 Å². The van der Waals surface area contributed by atoms with Gasteiger partial charge in [-0.2, -0.15) is 13.2 Å². The summed E-state index contributed by atoms with van der Waals surface area (Å²) in [5, 5.41) is -0.285. The molecule has 0 saturated heterocycles. The normalized spacial score (nSPS) is 12.9. The van der Waals surface area contributed by atoms with Crippen LogP contribution in [0.5, 0.6) is 0 Å². The van der Waals surface area contributed by atoms with Crippen LogP contribution in [0.3, 0.4) is 0 Å². The van der Waals surface area contributed by atoms with E-state index in [4.69, 9.17) is 17.3 Å². The molecule has 0 unspecified atom stereocenters. The first kappa shape index (κ1) is 18.6. The van der Waals surface area contributed by atoms with E-state index >= 15 is 0 Å². The van der Waals surface area contributed by atoms with Crippen molar-refractivity contribution in [2.75, 3.05) is 0 Å². The quantitative estimate of drug-likeness (QED) is 0.727. The fourth-order valence-corrected chi connectivity index (χ4v) is 2.00. The van der Waals surface area contributed by atoms with Crippen molar-refractivity contribution in [2.45, 2.75) is 44.8 Å². The van der Waals surface area contributed by atoms with Gasteiger partial charge < -0.3 is 5.73 Å². The standard InChI is InChI=1S/C13H17ClF3N.ClH/c1-2-3-4-5-12(18)9-6-7-11(14)10(8-9)13(15,16)17;/h6-8,12H,2-5,18H2,1H3;1H/t12-;/m0./s1. The lowest BCUT2D eigenvalue weighted by Crippen LogP contribution is -2.13. The Balaban J connectivity index is 0.00000324. The van der Waals surface area contributed by atoms with Crippen LogP contribution < -0.4 is 5.73 Å².